The molecule has 0 radical (unpaired) electrons. The average molecular weight is 253 g/mol. The van der Waals surface area contributed by atoms with Crippen LogP contribution >= 0.6 is 11.3 Å². The maximum Gasteiger partial charge on any atom is 0.208 e. The summed E-state index contributed by atoms with van der Waals surface area (Å²) >= 11 is 1.77. The lowest BCUT2D eigenvalue weighted by atomic mass is 10.0. The molecule has 2 aliphatic rings. The fourth-order valence-electron chi connectivity index (χ4n) is 2.16. The second kappa shape index (κ2) is 4.21. The van der Waals surface area contributed by atoms with Crippen LogP contribution in [0.15, 0.2) is 0 Å². The number of aromatic nitrogens is 2. The summed E-state index contributed by atoms with van der Waals surface area (Å²) < 4.78 is 5.85. The van der Waals surface area contributed by atoms with Gasteiger partial charge in [0.05, 0.1) is 12.2 Å². The molecule has 1 saturated carbocycles. The standard InChI is InChI=1S/C12H19N3OS/c1-3-12(2)8-15(6-7-16-12)11-14-13-10(17-11)9-4-5-9/h9H,3-8H2,1-2H3. The molecule has 5 heteroatoms. The smallest absolute Gasteiger partial charge is 0.208 e. The number of hydrogen-bond acceptors (Lipinski definition) is 5. The van der Waals surface area contributed by atoms with Gasteiger partial charge in [0.1, 0.15) is 5.01 Å². The largest absolute Gasteiger partial charge is 0.372 e. The minimum Gasteiger partial charge on any atom is -0.372 e. The Morgan fingerprint density at radius 2 is 2.29 bits per heavy atom. The van der Waals surface area contributed by atoms with E-state index in [0.29, 0.717) is 5.92 Å². The van der Waals surface area contributed by atoms with Crippen LogP contribution in [0, 0.1) is 0 Å². The monoisotopic (exact) mass is 253 g/mol. The maximum atomic E-state index is 5.85. The first-order chi connectivity index (χ1) is 8.20. The van der Waals surface area contributed by atoms with Crippen molar-refractivity contribution in [2.75, 3.05) is 24.6 Å². The molecule has 1 aromatic rings. The van der Waals surface area contributed by atoms with Gasteiger partial charge in [0.2, 0.25) is 5.13 Å². The molecule has 1 unspecified atom stereocenters. The van der Waals surface area contributed by atoms with E-state index in [0.717, 1.165) is 31.2 Å². The summed E-state index contributed by atoms with van der Waals surface area (Å²) in [5, 5.41) is 11.0. The van der Waals surface area contributed by atoms with Gasteiger partial charge in [-0.2, -0.15) is 0 Å². The highest BCUT2D eigenvalue weighted by molar-refractivity contribution is 7.15. The van der Waals surface area contributed by atoms with Gasteiger partial charge in [-0.05, 0) is 26.2 Å². The maximum absolute atomic E-state index is 5.85. The molecular formula is C12H19N3OS. The summed E-state index contributed by atoms with van der Waals surface area (Å²) in [4.78, 5) is 2.33. The normalized spacial score (nSPS) is 29.6. The van der Waals surface area contributed by atoms with Crippen LogP contribution in [0.1, 0.15) is 44.0 Å². The predicted octanol–water partition coefficient (Wildman–Crippen LogP) is 2.42. The highest BCUT2D eigenvalue weighted by atomic mass is 32.1. The van der Waals surface area contributed by atoms with Crippen LogP contribution in [-0.2, 0) is 4.74 Å². The number of morpholine rings is 1. The van der Waals surface area contributed by atoms with E-state index in [1.807, 2.05) is 0 Å². The molecule has 2 fully saturated rings. The minimum atomic E-state index is -0.0241. The highest BCUT2D eigenvalue weighted by Gasteiger charge is 2.33. The van der Waals surface area contributed by atoms with E-state index in [1.54, 1.807) is 11.3 Å². The van der Waals surface area contributed by atoms with Gasteiger partial charge in [0, 0.05) is 19.0 Å². The molecule has 1 aliphatic heterocycles. The average Bonchev–Trinajstić information content (AvgIpc) is 3.07. The van der Waals surface area contributed by atoms with Gasteiger partial charge in [-0.15, -0.1) is 10.2 Å². The van der Waals surface area contributed by atoms with Gasteiger partial charge < -0.3 is 9.64 Å². The molecule has 0 aromatic carbocycles. The Labute approximate surface area is 106 Å². The highest BCUT2D eigenvalue weighted by Crippen LogP contribution is 2.42. The molecular weight excluding hydrogens is 234 g/mol. The number of rotatable bonds is 3. The van der Waals surface area contributed by atoms with Crippen molar-refractivity contribution < 1.29 is 4.74 Å². The van der Waals surface area contributed by atoms with Crippen molar-refractivity contribution in [1.82, 2.24) is 10.2 Å². The summed E-state index contributed by atoms with van der Waals surface area (Å²) in [6.45, 7) is 7.03. The van der Waals surface area contributed by atoms with Crippen molar-refractivity contribution in [3.05, 3.63) is 5.01 Å². The van der Waals surface area contributed by atoms with E-state index in [-0.39, 0.29) is 5.60 Å². The molecule has 0 bridgehead atoms. The Hall–Kier alpha value is -0.680. The summed E-state index contributed by atoms with van der Waals surface area (Å²) in [6, 6.07) is 0. The predicted molar refractivity (Wildman–Crippen MR) is 68.7 cm³/mol. The minimum absolute atomic E-state index is 0.0241. The van der Waals surface area contributed by atoms with Crippen LogP contribution in [0.2, 0.25) is 0 Å². The Morgan fingerprint density at radius 3 is 3.00 bits per heavy atom. The first-order valence-corrected chi connectivity index (χ1v) is 7.24. The molecule has 17 heavy (non-hydrogen) atoms. The van der Waals surface area contributed by atoms with Crippen LogP contribution in [-0.4, -0.2) is 35.5 Å². The van der Waals surface area contributed by atoms with Gasteiger partial charge in [-0.25, -0.2) is 0 Å². The first kappa shape index (κ1) is 11.4. The van der Waals surface area contributed by atoms with Gasteiger partial charge in [-0.1, -0.05) is 18.3 Å². The van der Waals surface area contributed by atoms with E-state index >= 15 is 0 Å². The first-order valence-electron chi connectivity index (χ1n) is 6.42. The molecule has 1 aromatic heterocycles. The van der Waals surface area contributed by atoms with E-state index in [9.17, 15) is 0 Å². The molecule has 3 rings (SSSR count). The molecule has 0 amide bonds. The lowest BCUT2D eigenvalue weighted by molar-refractivity contribution is -0.0441. The molecule has 0 N–H and O–H groups in total. The summed E-state index contributed by atoms with van der Waals surface area (Å²) in [7, 11) is 0. The fourth-order valence-corrected chi connectivity index (χ4v) is 3.19. The Morgan fingerprint density at radius 1 is 1.47 bits per heavy atom. The Balaban J connectivity index is 1.73. The Kier molecular flexibility index (Phi) is 2.83. The zero-order valence-corrected chi connectivity index (χ0v) is 11.3. The van der Waals surface area contributed by atoms with E-state index in [4.69, 9.17) is 4.74 Å². The summed E-state index contributed by atoms with van der Waals surface area (Å²) in [5.41, 5.74) is -0.0241. The number of hydrogen-bond donors (Lipinski definition) is 0. The molecule has 1 atom stereocenters. The number of nitrogens with zero attached hydrogens (tertiary/aromatic N) is 3. The topological polar surface area (TPSA) is 38.2 Å². The fraction of sp³-hybridized carbons (Fsp3) is 0.833. The van der Waals surface area contributed by atoms with Gasteiger partial charge in [0.15, 0.2) is 0 Å². The number of ether oxygens (including phenoxy) is 1. The zero-order chi connectivity index (χ0) is 11.9. The van der Waals surface area contributed by atoms with Gasteiger partial charge in [0.25, 0.3) is 0 Å². The second-order valence-corrected chi connectivity index (χ2v) is 6.26. The lowest BCUT2D eigenvalue weighted by Crippen LogP contribution is -2.49. The molecule has 4 nitrogen and oxygen atoms in total. The third-order valence-electron chi connectivity index (χ3n) is 3.71. The third-order valence-corrected chi connectivity index (χ3v) is 4.86. The van der Waals surface area contributed by atoms with Crippen molar-refractivity contribution in [3.63, 3.8) is 0 Å². The van der Waals surface area contributed by atoms with Gasteiger partial charge >= 0.3 is 0 Å². The van der Waals surface area contributed by atoms with Crippen molar-refractivity contribution in [3.8, 4) is 0 Å². The Bertz CT molecular complexity index is 404. The van der Waals surface area contributed by atoms with Crippen LogP contribution in [0.4, 0.5) is 5.13 Å². The van der Waals surface area contributed by atoms with E-state index < -0.39 is 0 Å². The van der Waals surface area contributed by atoms with Crippen molar-refractivity contribution in [2.24, 2.45) is 0 Å². The number of anilines is 1. The van der Waals surface area contributed by atoms with Crippen LogP contribution in [0.25, 0.3) is 0 Å². The van der Waals surface area contributed by atoms with Crippen LogP contribution in [0.3, 0.4) is 0 Å². The van der Waals surface area contributed by atoms with Gasteiger partial charge in [-0.3, -0.25) is 0 Å². The molecule has 94 valence electrons. The zero-order valence-electron chi connectivity index (χ0n) is 10.5. The second-order valence-electron chi connectivity index (χ2n) is 5.27. The molecule has 2 heterocycles. The quantitative estimate of drug-likeness (QED) is 0.829. The SMILES string of the molecule is CCC1(C)CN(c2nnc(C3CC3)s2)CCO1. The summed E-state index contributed by atoms with van der Waals surface area (Å²) in [5.74, 6) is 0.708. The molecule has 1 aliphatic carbocycles. The molecule has 1 saturated heterocycles. The van der Waals surface area contributed by atoms with Crippen molar-refractivity contribution in [2.45, 2.75) is 44.6 Å². The lowest BCUT2D eigenvalue weighted by Gasteiger charge is -2.39. The summed E-state index contributed by atoms with van der Waals surface area (Å²) in [6.07, 6.45) is 3.63. The molecule has 0 spiro atoms. The van der Waals surface area contributed by atoms with Crippen LogP contribution in [0.5, 0.6) is 0 Å². The van der Waals surface area contributed by atoms with E-state index in [2.05, 4.69) is 28.9 Å². The van der Waals surface area contributed by atoms with Crippen molar-refractivity contribution >= 4 is 16.5 Å². The van der Waals surface area contributed by atoms with Crippen molar-refractivity contribution in [1.29, 1.82) is 0 Å². The van der Waals surface area contributed by atoms with E-state index in [1.165, 1.54) is 17.8 Å². The van der Waals surface area contributed by atoms with Crippen LogP contribution < -0.4 is 4.90 Å². The third kappa shape index (κ3) is 2.31.